The van der Waals surface area contributed by atoms with Crippen molar-refractivity contribution in [3.63, 3.8) is 0 Å². The van der Waals surface area contributed by atoms with Crippen LogP contribution in [0.5, 0.6) is 11.5 Å². The Balaban J connectivity index is 1.71. The van der Waals surface area contributed by atoms with Crippen molar-refractivity contribution in [1.82, 2.24) is 10.3 Å². The van der Waals surface area contributed by atoms with E-state index in [0.29, 0.717) is 23.4 Å². The number of anilines is 1. The summed E-state index contributed by atoms with van der Waals surface area (Å²) in [5.41, 5.74) is 1.11. The minimum absolute atomic E-state index is 0.0662. The number of rotatable bonds is 8. The van der Waals surface area contributed by atoms with Crippen LogP contribution >= 0.6 is 0 Å². The fourth-order valence-electron chi connectivity index (χ4n) is 2.62. The standard InChI is InChI=1S/C21H22FN3O4/c1-4-18(28-17-11-7-15(22)8-12-17)21(26)23-20-19(24-29-25-20)14-5-9-16(10-6-14)27-13(2)3/h5-13,18H,4H2,1-3H3,(H,23,25,26)/t18-/m1/s1. The number of nitrogens with zero attached hydrogens (tertiary/aromatic N) is 2. The lowest BCUT2D eigenvalue weighted by Crippen LogP contribution is -2.32. The van der Waals surface area contributed by atoms with Crippen LogP contribution in [0.1, 0.15) is 27.2 Å². The van der Waals surface area contributed by atoms with Crippen molar-refractivity contribution in [2.75, 3.05) is 5.32 Å². The predicted octanol–water partition coefficient (Wildman–Crippen LogP) is 4.46. The van der Waals surface area contributed by atoms with Crippen molar-refractivity contribution in [3.05, 3.63) is 54.3 Å². The van der Waals surface area contributed by atoms with Gasteiger partial charge in [-0.1, -0.05) is 6.92 Å². The monoisotopic (exact) mass is 399 g/mol. The molecule has 3 aromatic rings. The summed E-state index contributed by atoms with van der Waals surface area (Å²) in [6.45, 7) is 5.70. The summed E-state index contributed by atoms with van der Waals surface area (Å²) in [4.78, 5) is 12.6. The van der Waals surface area contributed by atoms with Crippen molar-refractivity contribution in [3.8, 4) is 22.8 Å². The molecule has 0 bridgehead atoms. The summed E-state index contributed by atoms with van der Waals surface area (Å²) in [6.07, 6.45) is -0.311. The molecular formula is C21H22FN3O4. The van der Waals surface area contributed by atoms with Gasteiger partial charge in [-0.05, 0) is 79.1 Å². The van der Waals surface area contributed by atoms with Gasteiger partial charge in [0.2, 0.25) is 5.82 Å². The molecule has 0 aliphatic heterocycles. The zero-order chi connectivity index (χ0) is 20.8. The lowest BCUT2D eigenvalue weighted by molar-refractivity contribution is -0.122. The average molecular weight is 399 g/mol. The van der Waals surface area contributed by atoms with E-state index in [1.807, 2.05) is 32.9 Å². The molecule has 0 aliphatic carbocycles. The maximum absolute atomic E-state index is 13.0. The molecule has 3 rings (SSSR count). The summed E-state index contributed by atoms with van der Waals surface area (Å²) in [6, 6.07) is 12.7. The minimum atomic E-state index is -0.785. The van der Waals surface area contributed by atoms with Gasteiger partial charge in [-0.3, -0.25) is 4.79 Å². The maximum Gasteiger partial charge on any atom is 0.266 e. The van der Waals surface area contributed by atoms with E-state index in [4.69, 9.17) is 14.1 Å². The van der Waals surface area contributed by atoms with Gasteiger partial charge < -0.3 is 14.8 Å². The van der Waals surface area contributed by atoms with Crippen LogP contribution in [0.4, 0.5) is 10.2 Å². The molecule has 0 radical (unpaired) electrons. The van der Waals surface area contributed by atoms with Crippen LogP contribution in [-0.2, 0) is 4.79 Å². The summed E-state index contributed by atoms with van der Waals surface area (Å²) in [7, 11) is 0. The van der Waals surface area contributed by atoms with E-state index in [0.717, 1.165) is 5.75 Å². The third kappa shape index (κ3) is 5.31. The topological polar surface area (TPSA) is 86.5 Å². The highest BCUT2D eigenvalue weighted by atomic mass is 19.1. The number of aromatic nitrogens is 2. The Morgan fingerprint density at radius 2 is 1.66 bits per heavy atom. The van der Waals surface area contributed by atoms with Crippen LogP contribution in [0.25, 0.3) is 11.3 Å². The molecule has 0 saturated heterocycles. The van der Waals surface area contributed by atoms with Crippen molar-refractivity contribution >= 4 is 11.7 Å². The van der Waals surface area contributed by atoms with Crippen LogP contribution in [-0.4, -0.2) is 28.4 Å². The number of benzene rings is 2. The van der Waals surface area contributed by atoms with E-state index in [1.54, 1.807) is 12.1 Å². The number of amides is 1. The Bertz CT molecular complexity index is 939. The molecule has 1 amide bonds. The van der Waals surface area contributed by atoms with Crippen LogP contribution < -0.4 is 14.8 Å². The highest BCUT2D eigenvalue weighted by Crippen LogP contribution is 2.27. The molecule has 1 atom stereocenters. The van der Waals surface area contributed by atoms with Gasteiger partial charge in [-0.25, -0.2) is 9.02 Å². The smallest absolute Gasteiger partial charge is 0.266 e. The Labute approximate surface area is 167 Å². The van der Waals surface area contributed by atoms with E-state index >= 15 is 0 Å². The second-order valence-electron chi connectivity index (χ2n) is 6.61. The van der Waals surface area contributed by atoms with Gasteiger partial charge in [-0.2, -0.15) is 0 Å². The second-order valence-corrected chi connectivity index (χ2v) is 6.61. The molecule has 1 heterocycles. The van der Waals surface area contributed by atoms with Crippen molar-refractivity contribution in [2.45, 2.75) is 39.4 Å². The van der Waals surface area contributed by atoms with Gasteiger partial charge in [0, 0.05) is 5.56 Å². The highest BCUT2D eigenvalue weighted by molar-refractivity contribution is 5.96. The van der Waals surface area contributed by atoms with Crippen LogP contribution in [0.15, 0.2) is 53.2 Å². The van der Waals surface area contributed by atoms with Crippen LogP contribution in [0, 0.1) is 5.82 Å². The van der Waals surface area contributed by atoms with E-state index in [9.17, 15) is 9.18 Å². The number of halogens is 1. The number of nitrogens with one attached hydrogen (secondary N) is 1. The van der Waals surface area contributed by atoms with E-state index in [2.05, 4.69) is 15.6 Å². The van der Waals surface area contributed by atoms with Crippen molar-refractivity contribution in [1.29, 1.82) is 0 Å². The van der Waals surface area contributed by atoms with Crippen molar-refractivity contribution < 1.29 is 23.3 Å². The number of carbonyl (C=O) groups is 1. The summed E-state index contributed by atoms with van der Waals surface area (Å²) >= 11 is 0. The third-order valence-corrected chi connectivity index (χ3v) is 3.98. The summed E-state index contributed by atoms with van der Waals surface area (Å²) < 4.78 is 29.1. The minimum Gasteiger partial charge on any atom is -0.491 e. The second kappa shape index (κ2) is 9.18. The largest absolute Gasteiger partial charge is 0.491 e. The lowest BCUT2D eigenvalue weighted by Gasteiger charge is -2.16. The summed E-state index contributed by atoms with van der Waals surface area (Å²) in [5, 5.41) is 10.4. The van der Waals surface area contributed by atoms with E-state index in [1.165, 1.54) is 24.3 Å². The SMILES string of the molecule is CC[C@@H](Oc1ccc(F)cc1)C(=O)Nc1nonc1-c1ccc(OC(C)C)cc1. The molecule has 7 nitrogen and oxygen atoms in total. The molecular weight excluding hydrogens is 377 g/mol. The first-order valence-electron chi connectivity index (χ1n) is 9.29. The summed E-state index contributed by atoms with van der Waals surface area (Å²) in [5.74, 6) is 0.525. The molecule has 8 heteroatoms. The Kier molecular flexibility index (Phi) is 6.43. The first kappa shape index (κ1) is 20.3. The van der Waals surface area contributed by atoms with E-state index in [-0.39, 0.29) is 17.7 Å². The number of hydrogen-bond donors (Lipinski definition) is 1. The van der Waals surface area contributed by atoms with Crippen LogP contribution in [0.3, 0.4) is 0 Å². The van der Waals surface area contributed by atoms with Gasteiger partial charge in [-0.15, -0.1) is 0 Å². The number of carbonyl (C=O) groups excluding carboxylic acids is 1. The Morgan fingerprint density at radius 3 is 2.28 bits per heavy atom. The number of ether oxygens (including phenoxy) is 2. The Morgan fingerprint density at radius 1 is 1.03 bits per heavy atom. The molecule has 1 N–H and O–H groups in total. The fraction of sp³-hybridized carbons (Fsp3) is 0.286. The molecule has 0 aliphatic rings. The van der Waals surface area contributed by atoms with Crippen molar-refractivity contribution in [2.24, 2.45) is 0 Å². The number of hydrogen-bond acceptors (Lipinski definition) is 6. The van der Waals surface area contributed by atoms with Gasteiger partial charge >= 0.3 is 0 Å². The molecule has 1 aromatic heterocycles. The first-order valence-corrected chi connectivity index (χ1v) is 9.29. The normalized spacial score (nSPS) is 11.9. The molecule has 2 aromatic carbocycles. The lowest BCUT2D eigenvalue weighted by atomic mass is 10.1. The molecule has 152 valence electrons. The van der Waals surface area contributed by atoms with E-state index < -0.39 is 12.0 Å². The van der Waals surface area contributed by atoms with Gasteiger partial charge in [0.05, 0.1) is 6.10 Å². The quantitative estimate of drug-likeness (QED) is 0.602. The van der Waals surface area contributed by atoms with Crippen LogP contribution in [0.2, 0.25) is 0 Å². The molecule has 0 saturated carbocycles. The Hall–Kier alpha value is -3.42. The molecule has 0 spiro atoms. The molecule has 29 heavy (non-hydrogen) atoms. The zero-order valence-electron chi connectivity index (χ0n) is 16.4. The first-order chi connectivity index (χ1) is 14.0. The van der Waals surface area contributed by atoms with Gasteiger partial charge in [0.15, 0.2) is 11.8 Å². The molecule has 0 unspecified atom stereocenters. The predicted molar refractivity (Wildman–Crippen MR) is 105 cm³/mol. The highest BCUT2D eigenvalue weighted by Gasteiger charge is 2.22. The zero-order valence-corrected chi connectivity index (χ0v) is 16.4. The fourth-order valence-corrected chi connectivity index (χ4v) is 2.62. The molecule has 0 fully saturated rings. The average Bonchev–Trinajstić information content (AvgIpc) is 3.15. The maximum atomic E-state index is 13.0. The van der Waals surface area contributed by atoms with Gasteiger partial charge in [0.25, 0.3) is 5.91 Å². The van der Waals surface area contributed by atoms with Gasteiger partial charge in [0.1, 0.15) is 17.3 Å². The third-order valence-electron chi connectivity index (χ3n) is 3.98.